The number of rotatable bonds is 4. The molecule has 0 aromatic heterocycles. The summed E-state index contributed by atoms with van der Waals surface area (Å²) in [5.74, 6) is 0.755. The van der Waals surface area contributed by atoms with Gasteiger partial charge in [-0.05, 0) is 37.3 Å². The van der Waals surface area contributed by atoms with Crippen LogP contribution in [-0.4, -0.2) is 6.61 Å². The van der Waals surface area contributed by atoms with E-state index in [0.717, 1.165) is 11.4 Å². The van der Waals surface area contributed by atoms with Crippen LogP contribution in [0.2, 0.25) is 0 Å². The van der Waals surface area contributed by atoms with Crippen LogP contribution in [0.4, 0.5) is 17.1 Å². The zero-order valence-corrected chi connectivity index (χ0v) is 10.7. The Kier molecular flexibility index (Phi) is 3.89. The molecule has 2 rings (SSSR count). The van der Waals surface area contributed by atoms with E-state index in [4.69, 9.17) is 15.7 Å². The van der Waals surface area contributed by atoms with Crippen molar-refractivity contribution in [1.29, 1.82) is 5.26 Å². The molecule has 0 aliphatic carbocycles. The van der Waals surface area contributed by atoms with E-state index in [2.05, 4.69) is 11.4 Å². The summed E-state index contributed by atoms with van der Waals surface area (Å²) in [5.41, 5.74) is 8.28. The topological polar surface area (TPSA) is 71.1 Å². The number of nitrogens with one attached hydrogen (secondary N) is 1. The van der Waals surface area contributed by atoms with Crippen LogP contribution in [0.5, 0.6) is 5.75 Å². The third kappa shape index (κ3) is 2.96. The second-order valence-corrected chi connectivity index (χ2v) is 3.97. The highest BCUT2D eigenvalue weighted by Crippen LogP contribution is 2.29. The molecule has 0 amide bonds. The number of hydrogen-bond donors (Lipinski definition) is 2. The summed E-state index contributed by atoms with van der Waals surface area (Å²) >= 11 is 0. The Morgan fingerprint density at radius 1 is 1.21 bits per heavy atom. The number of hydrogen-bond acceptors (Lipinski definition) is 4. The van der Waals surface area contributed by atoms with Gasteiger partial charge in [0.2, 0.25) is 0 Å². The average Bonchev–Trinajstić information content (AvgIpc) is 2.43. The number of nitrogen functional groups attached to an aromatic ring is 1. The SMILES string of the molecule is CCOc1ccccc1Nc1ccc(N)cc1C#N. The van der Waals surface area contributed by atoms with Crippen LogP contribution in [0.1, 0.15) is 12.5 Å². The van der Waals surface area contributed by atoms with E-state index in [1.165, 1.54) is 0 Å². The number of ether oxygens (including phenoxy) is 1. The maximum Gasteiger partial charge on any atom is 0.142 e. The molecule has 0 spiro atoms. The molecule has 0 bridgehead atoms. The van der Waals surface area contributed by atoms with E-state index in [9.17, 15) is 0 Å². The van der Waals surface area contributed by atoms with Gasteiger partial charge >= 0.3 is 0 Å². The minimum absolute atomic E-state index is 0.506. The summed E-state index contributed by atoms with van der Waals surface area (Å²) in [7, 11) is 0. The third-order valence-corrected chi connectivity index (χ3v) is 2.62. The molecule has 0 aliphatic rings. The van der Waals surface area contributed by atoms with Gasteiger partial charge in [0.25, 0.3) is 0 Å². The van der Waals surface area contributed by atoms with Gasteiger partial charge in [-0.3, -0.25) is 0 Å². The van der Waals surface area contributed by atoms with E-state index in [0.29, 0.717) is 23.5 Å². The van der Waals surface area contributed by atoms with Crippen molar-refractivity contribution in [3.8, 4) is 11.8 Å². The van der Waals surface area contributed by atoms with E-state index < -0.39 is 0 Å². The highest BCUT2D eigenvalue weighted by Gasteiger charge is 2.06. The van der Waals surface area contributed by atoms with Gasteiger partial charge in [-0.15, -0.1) is 0 Å². The predicted octanol–water partition coefficient (Wildman–Crippen LogP) is 3.28. The summed E-state index contributed by atoms with van der Waals surface area (Å²) in [4.78, 5) is 0. The number of nitrogens with zero attached hydrogens (tertiary/aromatic N) is 1. The summed E-state index contributed by atoms with van der Waals surface area (Å²) in [6.07, 6.45) is 0. The first kappa shape index (κ1) is 12.8. The van der Waals surface area contributed by atoms with Gasteiger partial charge in [-0.2, -0.15) is 5.26 Å². The van der Waals surface area contributed by atoms with Gasteiger partial charge < -0.3 is 15.8 Å². The fourth-order valence-electron chi connectivity index (χ4n) is 1.76. The fraction of sp³-hybridized carbons (Fsp3) is 0.133. The molecule has 96 valence electrons. The molecule has 19 heavy (non-hydrogen) atoms. The molecule has 3 N–H and O–H groups in total. The lowest BCUT2D eigenvalue weighted by Crippen LogP contribution is -1.99. The normalized spacial score (nSPS) is 9.68. The maximum absolute atomic E-state index is 9.12. The van der Waals surface area contributed by atoms with Crippen LogP contribution in [0.25, 0.3) is 0 Å². The van der Waals surface area contributed by atoms with Crippen molar-refractivity contribution < 1.29 is 4.74 Å². The van der Waals surface area contributed by atoms with Crippen molar-refractivity contribution in [2.45, 2.75) is 6.92 Å². The number of nitrogens with two attached hydrogens (primary N) is 1. The smallest absolute Gasteiger partial charge is 0.142 e. The summed E-state index contributed by atoms with van der Waals surface area (Å²) in [5, 5.41) is 12.3. The van der Waals surface area contributed by atoms with Crippen molar-refractivity contribution in [3.05, 3.63) is 48.0 Å². The zero-order valence-electron chi connectivity index (χ0n) is 10.7. The molecule has 0 saturated carbocycles. The number of para-hydroxylation sites is 2. The maximum atomic E-state index is 9.12. The molecule has 0 fully saturated rings. The number of anilines is 3. The van der Waals surface area contributed by atoms with Crippen molar-refractivity contribution in [2.75, 3.05) is 17.7 Å². The molecule has 2 aromatic carbocycles. The van der Waals surface area contributed by atoms with Crippen molar-refractivity contribution in [3.63, 3.8) is 0 Å². The third-order valence-electron chi connectivity index (χ3n) is 2.62. The van der Waals surface area contributed by atoms with Crippen LogP contribution in [0, 0.1) is 11.3 Å². The van der Waals surface area contributed by atoms with Gasteiger partial charge in [0.1, 0.15) is 11.8 Å². The second kappa shape index (κ2) is 5.78. The van der Waals surface area contributed by atoms with E-state index in [-0.39, 0.29) is 0 Å². The molecule has 4 heteroatoms. The van der Waals surface area contributed by atoms with Crippen molar-refractivity contribution >= 4 is 17.1 Å². The Hall–Kier alpha value is -2.67. The second-order valence-electron chi connectivity index (χ2n) is 3.97. The predicted molar refractivity (Wildman–Crippen MR) is 76.5 cm³/mol. The van der Waals surface area contributed by atoms with Gasteiger partial charge in [-0.1, -0.05) is 12.1 Å². The van der Waals surface area contributed by atoms with E-state index in [1.54, 1.807) is 18.2 Å². The minimum Gasteiger partial charge on any atom is -0.492 e. The first-order chi connectivity index (χ1) is 9.24. The Labute approximate surface area is 112 Å². The Balaban J connectivity index is 2.34. The van der Waals surface area contributed by atoms with Gasteiger partial charge in [-0.25, -0.2) is 0 Å². The zero-order chi connectivity index (χ0) is 13.7. The van der Waals surface area contributed by atoms with E-state index in [1.807, 2.05) is 31.2 Å². The van der Waals surface area contributed by atoms with Gasteiger partial charge in [0, 0.05) is 5.69 Å². The summed E-state index contributed by atoms with van der Waals surface area (Å²) in [6, 6.07) is 14.9. The molecule has 0 unspecified atom stereocenters. The van der Waals surface area contributed by atoms with Crippen LogP contribution < -0.4 is 15.8 Å². The Morgan fingerprint density at radius 2 is 2.00 bits per heavy atom. The Morgan fingerprint density at radius 3 is 2.74 bits per heavy atom. The number of benzene rings is 2. The molecule has 0 aliphatic heterocycles. The van der Waals surface area contributed by atoms with Gasteiger partial charge in [0.05, 0.1) is 23.5 Å². The van der Waals surface area contributed by atoms with Crippen molar-refractivity contribution in [2.24, 2.45) is 0 Å². The van der Waals surface area contributed by atoms with Crippen LogP contribution in [0.3, 0.4) is 0 Å². The molecule has 4 nitrogen and oxygen atoms in total. The lowest BCUT2D eigenvalue weighted by Gasteiger charge is -2.13. The average molecular weight is 253 g/mol. The van der Waals surface area contributed by atoms with Crippen LogP contribution in [0.15, 0.2) is 42.5 Å². The van der Waals surface area contributed by atoms with Crippen molar-refractivity contribution in [1.82, 2.24) is 0 Å². The fourth-order valence-corrected chi connectivity index (χ4v) is 1.76. The minimum atomic E-state index is 0.506. The highest BCUT2D eigenvalue weighted by atomic mass is 16.5. The summed E-state index contributed by atoms with van der Waals surface area (Å²) in [6.45, 7) is 2.52. The van der Waals surface area contributed by atoms with Crippen LogP contribution >= 0.6 is 0 Å². The molecular weight excluding hydrogens is 238 g/mol. The monoisotopic (exact) mass is 253 g/mol. The first-order valence-electron chi connectivity index (χ1n) is 6.03. The Bertz CT molecular complexity index is 617. The van der Waals surface area contributed by atoms with Crippen LogP contribution in [-0.2, 0) is 0 Å². The van der Waals surface area contributed by atoms with E-state index >= 15 is 0 Å². The quantitative estimate of drug-likeness (QED) is 0.820. The number of nitriles is 1. The molecule has 0 heterocycles. The molecule has 0 radical (unpaired) electrons. The largest absolute Gasteiger partial charge is 0.492 e. The molecule has 0 saturated heterocycles. The van der Waals surface area contributed by atoms with Gasteiger partial charge in [0.15, 0.2) is 0 Å². The lowest BCUT2D eigenvalue weighted by molar-refractivity contribution is 0.342. The summed E-state index contributed by atoms with van der Waals surface area (Å²) < 4.78 is 5.54. The molecule has 2 aromatic rings. The standard InChI is InChI=1S/C15H15N3O/c1-2-19-15-6-4-3-5-14(15)18-13-8-7-12(17)9-11(13)10-16/h3-9,18H,2,17H2,1H3. The first-order valence-corrected chi connectivity index (χ1v) is 6.03. The molecule has 0 atom stereocenters. The lowest BCUT2D eigenvalue weighted by atomic mass is 10.1. The molecular formula is C15H15N3O. The highest BCUT2D eigenvalue weighted by molar-refractivity contribution is 5.72.